The van der Waals surface area contributed by atoms with Crippen LogP contribution in [0.5, 0.6) is 0 Å². The molecule has 0 aromatic heterocycles. The van der Waals surface area contributed by atoms with Crippen LogP contribution >= 0.6 is 0 Å². The fraction of sp³-hybridized carbons (Fsp3) is 0.542. The predicted molar refractivity (Wildman–Crippen MR) is 118 cm³/mol. The Hall–Kier alpha value is -2.83. The van der Waals surface area contributed by atoms with Crippen molar-refractivity contribution >= 4 is 17.8 Å². The summed E-state index contributed by atoms with van der Waals surface area (Å²) in [6, 6.07) is 8.84. The van der Waals surface area contributed by atoms with E-state index in [0.717, 1.165) is 5.56 Å². The summed E-state index contributed by atoms with van der Waals surface area (Å²) in [5.74, 6) is -1.04. The minimum absolute atomic E-state index is 0.104. The molecule has 0 bridgehead atoms. The zero-order valence-corrected chi connectivity index (χ0v) is 19.4. The minimum atomic E-state index is -0.610. The van der Waals surface area contributed by atoms with Crippen LogP contribution in [0.15, 0.2) is 41.6 Å². The first-order valence-corrected chi connectivity index (χ1v) is 10.7. The number of rotatable bonds is 8. The van der Waals surface area contributed by atoms with Crippen LogP contribution in [0.3, 0.4) is 0 Å². The maximum absolute atomic E-state index is 13.0. The van der Waals surface area contributed by atoms with Crippen molar-refractivity contribution < 1.29 is 23.9 Å². The van der Waals surface area contributed by atoms with Crippen molar-refractivity contribution in [2.24, 2.45) is 0 Å². The molecule has 2 atom stereocenters. The molecule has 7 heteroatoms. The summed E-state index contributed by atoms with van der Waals surface area (Å²) in [6.07, 6.45) is 0.950. The Morgan fingerprint density at radius 1 is 1.23 bits per heavy atom. The van der Waals surface area contributed by atoms with E-state index in [9.17, 15) is 14.4 Å². The highest BCUT2D eigenvalue weighted by atomic mass is 16.6. The molecule has 1 amide bonds. The second-order valence-electron chi connectivity index (χ2n) is 8.81. The summed E-state index contributed by atoms with van der Waals surface area (Å²) in [5, 5.41) is 3.25. The summed E-state index contributed by atoms with van der Waals surface area (Å²) in [7, 11) is 0. The maximum atomic E-state index is 13.0. The van der Waals surface area contributed by atoms with Gasteiger partial charge >= 0.3 is 11.9 Å². The third-order valence-electron chi connectivity index (χ3n) is 4.99. The normalized spacial score (nSPS) is 17.9. The predicted octanol–water partition coefficient (Wildman–Crippen LogP) is 2.99. The first kappa shape index (κ1) is 24.4. The average Bonchev–Trinajstić information content (AvgIpc) is 2.68. The third-order valence-corrected chi connectivity index (χ3v) is 4.99. The fourth-order valence-corrected chi connectivity index (χ4v) is 3.51. The molecule has 0 saturated carbocycles. The first-order valence-electron chi connectivity index (χ1n) is 10.7. The van der Waals surface area contributed by atoms with Crippen LogP contribution in [0.1, 0.15) is 53.5 Å². The first-order chi connectivity index (χ1) is 14.5. The smallest absolute Gasteiger partial charge is 0.328 e. The van der Waals surface area contributed by atoms with Gasteiger partial charge in [0.15, 0.2) is 0 Å². The Morgan fingerprint density at radius 3 is 2.45 bits per heavy atom. The van der Waals surface area contributed by atoms with E-state index in [-0.39, 0.29) is 31.1 Å². The van der Waals surface area contributed by atoms with Gasteiger partial charge < -0.3 is 19.7 Å². The molecule has 0 spiro atoms. The van der Waals surface area contributed by atoms with Gasteiger partial charge in [0.2, 0.25) is 0 Å². The van der Waals surface area contributed by atoms with E-state index in [0.29, 0.717) is 24.1 Å². The number of amides is 1. The van der Waals surface area contributed by atoms with Gasteiger partial charge in [-0.05, 0) is 47.1 Å². The number of ether oxygens (including phenoxy) is 2. The van der Waals surface area contributed by atoms with Crippen LogP contribution in [-0.2, 0) is 30.3 Å². The lowest BCUT2D eigenvalue weighted by Gasteiger charge is -2.36. The molecular weight excluding hydrogens is 396 g/mol. The van der Waals surface area contributed by atoms with E-state index in [1.807, 2.05) is 37.3 Å². The van der Waals surface area contributed by atoms with Crippen molar-refractivity contribution in [3.05, 3.63) is 47.2 Å². The van der Waals surface area contributed by atoms with Crippen molar-refractivity contribution in [1.82, 2.24) is 10.2 Å². The van der Waals surface area contributed by atoms with Gasteiger partial charge in [0, 0.05) is 30.2 Å². The molecule has 31 heavy (non-hydrogen) atoms. The molecule has 170 valence electrons. The van der Waals surface area contributed by atoms with E-state index in [1.165, 1.54) is 4.90 Å². The lowest BCUT2D eigenvalue weighted by Crippen LogP contribution is -2.50. The Labute approximate surface area is 184 Å². The number of benzene rings is 1. The van der Waals surface area contributed by atoms with Crippen molar-refractivity contribution in [3.63, 3.8) is 0 Å². The highest BCUT2D eigenvalue weighted by molar-refractivity contribution is 5.96. The Bertz CT molecular complexity index is 826. The summed E-state index contributed by atoms with van der Waals surface area (Å²) in [4.78, 5) is 39.3. The fourth-order valence-electron chi connectivity index (χ4n) is 3.51. The molecule has 1 heterocycles. The van der Waals surface area contributed by atoms with E-state index < -0.39 is 17.6 Å². The van der Waals surface area contributed by atoms with Crippen LogP contribution in [-0.4, -0.2) is 53.6 Å². The SMILES string of the molecule is CCOC(=O)[C@H](Cc1ccccc1)NC1=C(C)C(=O)N(CC(=O)OC(C)(C)C)C(C)C1. The molecule has 1 aromatic rings. The van der Waals surface area contributed by atoms with Crippen LogP contribution < -0.4 is 5.32 Å². The monoisotopic (exact) mass is 430 g/mol. The van der Waals surface area contributed by atoms with E-state index in [1.54, 1.807) is 34.6 Å². The highest BCUT2D eigenvalue weighted by Gasteiger charge is 2.34. The van der Waals surface area contributed by atoms with Crippen LogP contribution in [0.2, 0.25) is 0 Å². The lowest BCUT2D eigenvalue weighted by molar-refractivity contribution is -0.159. The molecule has 7 nitrogen and oxygen atoms in total. The molecule has 2 rings (SSSR count). The van der Waals surface area contributed by atoms with E-state index in [4.69, 9.17) is 9.47 Å². The van der Waals surface area contributed by atoms with Crippen LogP contribution in [0.4, 0.5) is 0 Å². The topological polar surface area (TPSA) is 84.9 Å². The molecule has 0 aliphatic carbocycles. The number of hydrogen-bond donors (Lipinski definition) is 1. The van der Waals surface area contributed by atoms with Crippen molar-refractivity contribution in [1.29, 1.82) is 0 Å². The average molecular weight is 431 g/mol. The Kier molecular flexibility index (Phi) is 8.25. The zero-order chi connectivity index (χ0) is 23.2. The van der Waals surface area contributed by atoms with Gasteiger partial charge in [0.1, 0.15) is 18.2 Å². The van der Waals surface area contributed by atoms with Gasteiger partial charge in [-0.3, -0.25) is 9.59 Å². The Morgan fingerprint density at radius 2 is 1.87 bits per heavy atom. The van der Waals surface area contributed by atoms with Gasteiger partial charge in [-0.1, -0.05) is 30.3 Å². The molecule has 1 aromatic carbocycles. The van der Waals surface area contributed by atoms with Crippen molar-refractivity contribution in [2.75, 3.05) is 13.2 Å². The molecule has 1 N–H and O–H groups in total. The molecule has 0 saturated heterocycles. The molecule has 1 unspecified atom stereocenters. The molecule has 1 aliphatic rings. The largest absolute Gasteiger partial charge is 0.464 e. The van der Waals surface area contributed by atoms with E-state index in [2.05, 4.69) is 5.32 Å². The third kappa shape index (κ3) is 7.12. The highest BCUT2D eigenvalue weighted by Crippen LogP contribution is 2.24. The quantitative estimate of drug-likeness (QED) is 0.638. The summed E-state index contributed by atoms with van der Waals surface area (Å²) >= 11 is 0. The maximum Gasteiger partial charge on any atom is 0.328 e. The van der Waals surface area contributed by atoms with E-state index >= 15 is 0 Å². The van der Waals surface area contributed by atoms with Gasteiger partial charge in [0.05, 0.1) is 6.61 Å². The molecule has 1 aliphatic heterocycles. The van der Waals surface area contributed by atoms with Crippen molar-refractivity contribution in [2.45, 2.75) is 72.1 Å². The van der Waals surface area contributed by atoms with Crippen molar-refractivity contribution in [3.8, 4) is 0 Å². The zero-order valence-electron chi connectivity index (χ0n) is 19.4. The van der Waals surface area contributed by atoms with Gasteiger partial charge in [0.25, 0.3) is 5.91 Å². The summed E-state index contributed by atoms with van der Waals surface area (Å²) in [5.41, 5.74) is 1.57. The minimum Gasteiger partial charge on any atom is -0.464 e. The number of hydrogen-bond acceptors (Lipinski definition) is 6. The van der Waals surface area contributed by atoms with Crippen LogP contribution in [0.25, 0.3) is 0 Å². The van der Waals surface area contributed by atoms with Gasteiger partial charge in [-0.2, -0.15) is 0 Å². The second kappa shape index (κ2) is 10.5. The van der Waals surface area contributed by atoms with Gasteiger partial charge in [-0.15, -0.1) is 0 Å². The van der Waals surface area contributed by atoms with Crippen LogP contribution in [0, 0.1) is 0 Å². The molecule has 0 fully saturated rings. The standard InChI is InChI=1S/C24H34N2O5/c1-7-30-23(29)20(14-18-11-9-8-10-12-18)25-19-13-16(2)26(22(28)17(19)3)15-21(27)31-24(4,5)6/h8-12,16,20,25H,7,13-15H2,1-6H3/t16?,20-/m0/s1. The number of carbonyl (C=O) groups is 3. The number of nitrogens with zero attached hydrogens (tertiary/aromatic N) is 1. The Balaban J connectivity index is 2.17. The summed E-state index contributed by atoms with van der Waals surface area (Å²) in [6.45, 7) is 10.9. The number of nitrogens with one attached hydrogen (secondary N) is 1. The molecule has 0 radical (unpaired) electrons. The van der Waals surface area contributed by atoms with Gasteiger partial charge in [-0.25, -0.2) is 4.79 Å². The number of esters is 2. The summed E-state index contributed by atoms with van der Waals surface area (Å²) < 4.78 is 10.6. The molecular formula is C24H34N2O5. The lowest BCUT2D eigenvalue weighted by atomic mass is 9.98. The second-order valence-corrected chi connectivity index (χ2v) is 8.81. The number of carbonyl (C=O) groups excluding carboxylic acids is 3.